The molecule has 0 bridgehead atoms. The molecular weight excluding hydrogens is 212 g/mol. The number of aromatic hydroxyl groups is 2. The molecule has 0 radical (unpaired) electrons. The largest absolute Gasteiger partial charge is 0.508 e. The molecule has 0 aromatic heterocycles. The summed E-state index contributed by atoms with van der Waals surface area (Å²) in [4.78, 5) is 0. The van der Waals surface area contributed by atoms with Crippen LogP contribution in [-0.4, -0.2) is 10.2 Å². The maximum Gasteiger partial charge on any atom is 0.126 e. The van der Waals surface area contributed by atoms with Gasteiger partial charge in [-0.25, -0.2) is 0 Å². The van der Waals surface area contributed by atoms with Crippen LogP contribution in [0.15, 0.2) is 30.3 Å². The predicted molar refractivity (Wildman–Crippen MR) is 69.4 cm³/mol. The molecule has 0 spiro atoms. The Labute approximate surface area is 101 Å². The molecule has 0 amide bonds. The van der Waals surface area contributed by atoms with E-state index in [1.54, 1.807) is 6.07 Å². The molecule has 0 heterocycles. The third-order valence-electron chi connectivity index (χ3n) is 3.19. The monoisotopic (exact) mass is 228 g/mol. The molecular formula is C15H16O2. The molecule has 0 fully saturated rings. The molecule has 0 aliphatic carbocycles. The van der Waals surface area contributed by atoms with Gasteiger partial charge in [0.25, 0.3) is 0 Å². The Morgan fingerprint density at radius 3 is 2.24 bits per heavy atom. The van der Waals surface area contributed by atoms with Gasteiger partial charge in [0, 0.05) is 5.56 Å². The number of aryl methyl sites for hydroxylation is 2. The molecule has 88 valence electrons. The van der Waals surface area contributed by atoms with Gasteiger partial charge in [-0.05, 0) is 49.1 Å². The first-order valence-electron chi connectivity index (χ1n) is 5.60. The summed E-state index contributed by atoms with van der Waals surface area (Å²) in [6.45, 7) is 5.69. The molecule has 0 aliphatic heterocycles. The number of phenols is 2. The zero-order chi connectivity index (χ0) is 12.6. The van der Waals surface area contributed by atoms with Crippen LogP contribution in [0.2, 0.25) is 0 Å². The highest BCUT2D eigenvalue weighted by molar-refractivity contribution is 5.74. The average Bonchev–Trinajstić information content (AvgIpc) is 2.29. The quantitative estimate of drug-likeness (QED) is 0.781. The van der Waals surface area contributed by atoms with E-state index < -0.39 is 0 Å². The maximum absolute atomic E-state index is 10.0. The van der Waals surface area contributed by atoms with Gasteiger partial charge in [-0.2, -0.15) is 0 Å². The molecule has 0 atom stereocenters. The fourth-order valence-corrected chi connectivity index (χ4v) is 1.89. The molecule has 2 aromatic carbocycles. The Bertz CT molecular complexity index is 548. The van der Waals surface area contributed by atoms with E-state index in [-0.39, 0.29) is 11.5 Å². The van der Waals surface area contributed by atoms with Crippen molar-refractivity contribution in [1.82, 2.24) is 0 Å². The summed E-state index contributed by atoms with van der Waals surface area (Å²) < 4.78 is 0. The van der Waals surface area contributed by atoms with Gasteiger partial charge in [0.05, 0.1) is 0 Å². The van der Waals surface area contributed by atoms with Crippen LogP contribution in [0.5, 0.6) is 11.5 Å². The van der Waals surface area contributed by atoms with E-state index in [2.05, 4.69) is 0 Å². The molecule has 2 aromatic rings. The standard InChI is InChI=1S/C15H16O2/c1-9-5-4-6-13(15(9)17)12-7-10(2)11(3)14(16)8-12/h4-8,16-17H,1-3H3. The summed E-state index contributed by atoms with van der Waals surface area (Å²) in [5.74, 6) is 0.538. The van der Waals surface area contributed by atoms with Crippen molar-refractivity contribution >= 4 is 0 Å². The summed E-state index contributed by atoms with van der Waals surface area (Å²) in [6, 6.07) is 9.28. The Morgan fingerprint density at radius 2 is 1.59 bits per heavy atom. The van der Waals surface area contributed by atoms with Crippen LogP contribution in [0.3, 0.4) is 0 Å². The minimum atomic E-state index is 0.265. The fraction of sp³-hybridized carbons (Fsp3) is 0.200. The van der Waals surface area contributed by atoms with Crippen molar-refractivity contribution in [2.24, 2.45) is 0 Å². The normalized spacial score (nSPS) is 10.5. The van der Waals surface area contributed by atoms with Gasteiger partial charge < -0.3 is 10.2 Å². The molecule has 2 nitrogen and oxygen atoms in total. The van der Waals surface area contributed by atoms with Crippen molar-refractivity contribution in [1.29, 1.82) is 0 Å². The second-order valence-electron chi connectivity index (χ2n) is 4.41. The van der Waals surface area contributed by atoms with Crippen molar-refractivity contribution in [2.75, 3.05) is 0 Å². The van der Waals surface area contributed by atoms with Crippen LogP contribution >= 0.6 is 0 Å². The predicted octanol–water partition coefficient (Wildman–Crippen LogP) is 3.69. The van der Waals surface area contributed by atoms with Crippen LogP contribution in [0.25, 0.3) is 11.1 Å². The summed E-state index contributed by atoms with van der Waals surface area (Å²) in [7, 11) is 0. The second kappa shape index (κ2) is 4.13. The van der Waals surface area contributed by atoms with E-state index in [0.717, 1.165) is 27.8 Å². The first-order valence-corrected chi connectivity index (χ1v) is 5.60. The van der Waals surface area contributed by atoms with Crippen molar-refractivity contribution in [2.45, 2.75) is 20.8 Å². The first-order chi connectivity index (χ1) is 8.00. The number of phenolic OH excluding ortho intramolecular Hbond substituents is 2. The third kappa shape index (κ3) is 1.98. The average molecular weight is 228 g/mol. The van der Waals surface area contributed by atoms with Gasteiger partial charge in [-0.3, -0.25) is 0 Å². The highest BCUT2D eigenvalue weighted by Gasteiger charge is 2.09. The Morgan fingerprint density at radius 1 is 0.882 bits per heavy atom. The van der Waals surface area contributed by atoms with Gasteiger partial charge in [-0.15, -0.1) is 0 Å². The van der Waals surface area contributed by atoms with Crippen molar-refractivity contribution in [3.8, 4) is 22.6 Å². The van der Waals surface area contributed by atoms with Gasteiger partial charge in [0.2, 0.25) is 0 Å². The molecule has 2 N–H and O–H groups in total. The summed E-state index contributed by atoms with van der Waals surface area (Å²) in [6.07, 6.45) is 0. The van der Waals surface area contributed by atoms with Gasteiger partial charge >= 0.3 is 0 Å². The van der Waals surface area contributed by atoms with Crippen molar-refractivity contribution in [3.05, 3.63) is 47.0 Å². The van der Waals surface area contributed by atoms with Crippen LogP contribution in [0.1, 0.15) is 16.7 Å². The van der Waals surface area contributed by atoms with Crippen LogP contribution in [-0.2, 0) is 0 Å². The van der Waals surface area contributed by atoms with Gasteiger partial charge in [0.15, 0.2) is 0 Å². The molecule has 2 heteroatoms. The second-order valence-corrected chi connectivity index (χ2v) is 4.41. The lowest BCUT2D eigenvalue weighted by Crippen LogP contribution is -1.87. The lowest BCUT2D eigenvalue weighted by molar-refractivity contribution is 0.469. The molecule has 2 rings (SSSR count). The molecule has 0 saturated carbocycles. The molecule has 17 heavy (non-hydrogen) atoms. The van der Waals surface area contributed by atoms with E-state index in [1.165, 1.54) is 0 Å². The number of hydrogen-bond acceptors (Lipinski definition) is 2. The smallest absolute Gasteiger partial charge is 0.126 e. The Balaban J connectivity index is 2.65. The van der Waals surface area contributed by atoms with Crippen LogP contribution in [0.4, 0.5) is 0 Å². The number of rotatable bonds is 1. The minimum Gasteiger partial charge on any atom is -0.508 e. The topological polar surface area (TPSA) is 40.5 Å². The van der Waals surface area contributed by atoms with Crippen LogP contribution in [0, 0.1) is 20.8 Å². The fourth-order valence-electron chi connectivity index (χ4n) is 1.89. The van der Waals surface area contributed by atoms with E-state index >= 15 is 0 Å². The van der Waals surface area contributed by atoms with Crippen LogP contribution < -0.4 is 0 Å². The Hall–Kier alpha value is -1.96. The van der Waals surface area contributed by atoms with Gasteiger partial charge in [-0.1, -0.05) is 24.3 Å². The number of hydrogen-bond donors (Lipinski definition) is 2. The lowest BCUT2D eigenvalue weighted by Gasteiger charge is -2.10. The van der Waals surface area contributed by atoms with E-state index in [1.807, 2.05) is 45.0 Å². The highest BCUT2D eigenvalue weighted by atomic mass is 16.3. The number of benzene rings is 2. The molecule has 0 unspecified atom stereocenters. The SMILES string of the molecule is Cc1cc(-c2cccc(C)c2O)cc(O)c1C. The maximum atomic E-state index is 10.0. The molecule has 0 saturated heterocycles. The Kier molecular flexibility index (Phi) is 2.80. The minimum absolute atomic E-state index is 0.265. The highest BCUT2D eigenvalue weighted by Crippen LogP contribution is 2.35. The summed E-state index contributed by atoms with van der Waals surface area (Å²) in [5.41, 5.74) is 4.32. The summed E-state index contributed by atoms with van der Waals surface area (Å²) in [5, 5.41) is 19.8. The zero-order valence-electron chi connectivity index (χ0n) is 10.3. The van der Waals surface area contributed by atoms with E-state index in [9.17, 15) is 10.2 Å². The number of para-hydroxylation sites is 1. The van der Waals surface area contributed by atoms with E-state index in [4.69, 9.17) is 0 Å². The van der Waals surface area contributed by atoms with Gasteiger partial charge in [0.1, 0.15) is 11.5 Å². The zero-order valence-corrected chi connectivity index (χ0v) is 10.3. The summed E-state index contributed by atoms with van der Waals surface area (Å²) >= 11 is 0. The molecule has 0 aliphatic rings. The lowest BCUT2D eigenvalue weighted by atomic mass is 9.97. The van der Waals surface area contributed by atoms with Crippen molar-refractivity contribution < 1.29 is 10.2 Å². The van der Waals surface area contributed by atoms with Crippen molar-refractivity contribution in [3.63, 3.8) is 0 Å². The third-order valence-corrected chi connectivity index (χ3v) is 3.19. The first kappa shape index (κ1) is 11.5. The van der Waals surface area contributed by atoms with E-state index in [0.29, 0.717) is 0 Å².